The molecule has 2 aliphatic heterocycles. The highest BCUT2D eigenvalue weighted by atomic mass is 32.2. The van der Waals surface area contributed by atoms with Crippen molar-refractivity contribution in [1.82, 2.24) is 8.61 Å². The number of carbonyl (C=O) groups excluding carboxylic acids is 1. The molecule has 0 aromatic heterocycles. The largest absolute Gasteiger partial charge is 0.495 e. The molecule has 1 atom stereocenters. The minimum atomic E-state index is -3.89. The van der Waals surface area contributed by atoms with E-state index in [1.807, 2.05) is 0 Å². The first kappa shape index (κ1) is 25.5. The van der Waals surface area contributed by atoms with Crippen LogP contribution in [0.2, 0.25) is 0 Å². The summed E-state index contributed by atoms with van der Waals surface area (Å²) >= 11 is 0. The van der Waals surface area contributed by atoms with Crippen LogP contribution < -0.4 is 10.1 Å². The Hall–Kier alpha value is -2.54. The molecular weight excluding hydrogens is 497 g/mol. The van der Waals surface area contributed by atoms with Crippen LogP contribution in [-0.4, -0.2) is 64.6 Å². The highest BCUT2D eigenvalue weighted by Crippen LogP contribution is 2.31. The molecular formula is C23H28FN3O6S2. The summed E-state index contributed by atoms with van der Waals surface area (Å²) < 4.78 is 73.1. The molecule has 2 aromatic carbocycles. The van der Waals surface area contributed by atoms with Gasteiger partial charge in [0.05, 0.1) is 28.5 Å². The molecule has 1 amide bonds. The van der Waals surface area contributed by atoms with Crippen molar-refractivity contribution >= 4 is 31.6 Å². The molecule has 0 spiro atoms. The summed E-state index contributed by atoms with van der Waals surface area (Å²) in [6, 6.07) is 8.87. The van der Waals surface area contributed by atoms with E-state index < -0.39 is 37.7 Å². The normalized spacial score (nSPS) is 20.0. The second kappa shape index (κ2) is 10.2. The summed E-state index contributed by atoms with van der Waals surface area (Å²) in [6.45, 7) is 1.11. The van der Waals surface area contributed by atoms with E-state index in [1.54, 1.807) is 0 Å². The van der Waals surface area contributed by atoms with Gasteiger partial charge in [0.1, 0.15) is 11.6 Å². The smallest absolute Gasteiger partial charge is 0.243 e. The van der Waals surface area contributed by atoms with Gasteiger partial charge in [0.25, 0.3) is 0 Å². The maximum Gasteiger partial charge on any atom is 0.243 e. The zero-order valence-corrected chi connectivity index (χ0v) is 20.9. The number of amides is 1. The maximum atomic E-state index is 13.2. The molecule has 9 nitrogen and oxygen atoms in total. The Morgan fingerprint density at radius 2 is 1.51 bits per heavy atom. The lowest BCUT2D eigenvalue weighted by atomic mass is 9.98. The van der Waals surface area contributed by atoms with Crippen LogP contribution in [0.4, 0.5) is 10.1 Å². The second-order valence-electron chi connectivity index (χ2n) is 8.62. The number of rotatable bonds is 7. The van der Waals surface area contributed by atoms with Gasteiger partial charge in [0.15, 0.2) is 0 Å². The number of carbonyl (C=O) groups is 1. The Bertz CT molecular complexity index is 1290. The van der Waals surface area contributed by atoms with E-state index in [4.69, 9.17) is 4.74 Å². The first-order valence-corrected chi connectivity index (χ1v) is 14.3. The lowest BCUT2D eigenvalue weighted by molar-refractivity contribution is -0.120. The molecule has 2 heterocycles. The van der Waals surface area contributed by atoms with E-state index in [2.05, 4.69) is 5.32 Å². The zero-order valence-electron chi connectivity index (χ0n) is 19.3. The Morgan fingerprint density at radius 1 is 0.914 bits per heavy atom. The summed E-state index contributed by atoms with van der Waals surface area (Å²) in [6.07, 6.45) is 2.55. The second-order valence-corrected chi connectivity index (χ2v) is 12.5. The molecule has 12 heteroatoms. The third kappa shape index (κ3) is 5.35. The van der Waals surface area contributed by atoms with Gasteiger partial charge in [-0.2, -0.15) is 8.61 Å². The maximum absolute atomic E-state index is 13.2. The number of nitrogens with zero attached hydrogens (tertiary/aromatic N) is 2. The van der Waals surface area contributed by atoms with Gasteiger partial charge >= 0.3 is 0 Å². The summed E-state index contributed by atoms with van der Waals surface area (Å²) in [5, 5.41) is 2.74. The quantitative estimate of drug-likeness (QED) is 0.595. The third-order valence-electron chi connectivity index (χ3n) is 6.34. The van der Waals surface area contributed by atoms with Gasteiger partial charge in [-0.3, -0.25) is 4.79 Å². The summed E-state index contributed by atoms with van der Waals surface area (Å²) in [4.78, 5) is 13.1. The molecule has 0 unspecified atom stereocenters. The minimum Gasteiger partial charge on any atom is -0.495 e. The number of nitrogens with one attached hydrogen (secondary N) is 1. The third-order valence-corrected chi connectivity index (χ3v) is 10.1. The van der Waals surface area contributed by atoms with Crippen molar-refractivity contribution in [3.63, 3.8) is 0 Å². The number of benzene rings is 2. The predicted molar refractivity (Wildman–Crippen MR) is 127 cm³/mol. The molecule has 35 heavy (non-hydrogen) atoms. The van der Waals surface area contributed by atoms with Gasteiger partial charge < -0.3 is 10.1 Å². The number of halogens is 1. The van der Waals surface area contributed by atoms with E-state index in [0.717, 1.165) is 25.0 Å². The molecule has 0 bridgehead atoms. The average Bonchev–Trinajstić information content (AvgIpc) is 3.40. The molecule has 2 aromatic rings. The van der Waals surface area contributed by atoms with Crippen LogP contribution in [0.25, 0.3) is 0 Å². The standard InChI is InChI=1S/C23H28FN3O6S2/c1-33-22-11-10-20(35(31,32)26-12-2-3-13-26)15-21(22)25-23(28)17-5-4-14-27(16-17)34(29,30)19-8-6-18(24)7-9-19/h6-11,15,17H,2-5,12-14,16H2,1H3,(H,25,28)/t17-/m1/s1. The van der Waals surface area contributed by atoms with Crippen molar-refractivity contribution in [2.24, 2.45) is 5.92 Å². The fourth-order valence-corrected chi connectivity index (χ4v) is 7.46. The highest BCUT2D eigenvalue weighted by Gasteiger charge is 2.34. The first-order chi connectivity index (χ1) is 16.6. The van der Waals surface area contributed by atoms with Crippen molar-refractivity contribution in [2.45, 2.75) is 35.5 Å². The number of methoxy groups -OCH3 is 1. The molecule has 1 N–H and O–H groups in total. The van der Waals surface area contributed by atoms with Gasteiger partial charge in [-0.1, -0.05) is 0 Å². The van der Waals surface area contributed by atoms with Crippen LogP contribution in [0.3, 0.4) is 0 Å². The van der Waals surface area contributed by atoms with E-state index in [0.29, 0.717) is 31.7 Å². The molecule has 0 saturated carbocycles. The SMILES string of the molecule is COc1ccc(S(=O)(=O)N2CCCC2)cc1NC(=O)[C@@H]1CCCN(S(=O)(=O)c2ccc(F)cc2)C1. The van der Waals surface area contributed by atoms with E-state index in [-0.39, 0.29) is 28.6 Å². The van der Waals surface area contributed by atoms with E-state index in [1.165, 1.54) is 46.1 Å². The van der Waals surface area contributed by atoms with Crippen LogP contribution in [-0.2, 0) is 24.8 Å². The van der Waals surface area contributed by atoms with Crippen LogP contribution in [0.15, 0.2) is 52.3 Å². The van der Waals surface area contributed by atoms with Crippen molar-refractivity contribution < 1.29 is 30.8 Å². The average molecular weight is 526 g/mol. The molecule has 2 saturated heterocycles. The van der Waals surface area contributed by atoms with Crippen LogP contribution in [0.1, 0.15) is 25.7 Å². The number of hydrogen-bond donors (Lipinski definition) is 1. The van der Waals surface area contributed by atoms with E-state index >= 15 is 0 Å². The zero-order chi connectivity index (χ0) is 25.2. The monoisotopic (exact) mass is 525 g/mol. The highest BCUT2D eigenvalue weighted by molar-refractivity contribution is 7.89. The van der Waals surface area contributed by atoms with Crippen molar-refractivity contribution in [1.29, 1.82) is 0 Å². The summed E-state index contributed by atoms with van der Waals surface area (Å²) in [5.41, 5.74) is 0.205. The summed E-state index contributed by atoms with van der Waals surface area (Å²) in [5.74, 6) is -1.33. The fraction of sp³-hybridized carbons (Fsp3) is 0.435. The van der Waals surface area contributed by atoms with Crippen LogP contribution in [0, 0.1) is 11.7 Å². The molecule has 0 radical (unpaired) electrons. The lowest BCUT2D eigenvalue weighted by Crippen LogP contribution is -2.43. The Kier molecular flexibility index (Phi) is 7.46. The van der Waals surface area contributed by atoms with Crippen molar-refractivity contribution in [3.8, 4) is 5.75 Å². The lowest BCUT2D eigenvalue weighted by Gasteiger charge is -2.31. The topological polar surface area (TPSA) is 113 Å². The molecule has 190 valence electrons. The van der Waals surface area contributed by atoms with Gasteiger partial charge in [0.2, 0.25) is 26.0 Å². The fourth-order valence-electron chi connectivity index (χ4n) is 4.39. The molecule has 2 fully saturated rings. The van der Waals surface area contributed by atoms with Crippen LogP contribution in [0.5, 0.6) is 5.75 Å². The number of hydrogen-bond acceptors (Lipinski definition) is 6. The predicted octanol–water partition coefficient (Wildman–Crippen LogP) is 2.66. The van der Waals surface area contributed by atoms with Gasteiger partial charge in [0, 0.05) is 26.2 Å². The van der Waals surface area contributed by atoms with E-state index in [9.17, 15) is 26.0 Å². The number of ether oxygens (including phenoxy) is 1. The summed E-state index contributed by atoms with van der Waals surface area (Å²) in [7, 11) is -6.17. The Labute approximate surface area is 205 Å². The van der Waals surface area contributed by atoms with Crippen LogP contribution >= 0.6 is 0 Å². The molecule has 0 aliphatic carbocycles. The van der Waals surface area contributed by atoms with Gasteiger partial charge in [-0.25, -0.2) is 21.2 Å². The minimum absolute atomic E-state index is 0.0403. The molecule has 4 rings (SSSR count). The number of anilines is 1. The van der Waals surface area contributed by atoms with Gasteiger partial charge in [-0.05, 0) is 68.1 Å². The first-order valence-electron chi connectivity index (χ1n) is 11.4. The molecule has 2 aliphatic rings. The van der Waals surface area contributed by atoms with Gasteiger partial charge in [-0.15, -0.1) is 0 Å². The number of piperidine rings is 1. The Balaban J connectivity index is 1.52. The number of sulfonamides is 2. The van der Waals surface area contributed by atoms with Crippen molar-refractivity contribution in [2.75, 3.05) is 38.6 Å². The Morgan fingerprint density at radius 3 is 2.17 bits per heavy atom. The van der Waals surface area contributed by atoms with Crippen molar-refractivity contribution in [3.05, 3.63) is 48.3 Å².